The van der Waals surface area contributed by atoms with Crippen LogP contribution >= 0.6 is 0 Å². The van der Waals surface area contributed by atoms with Crippen molar-refractivity contribution in [3.8, 4) is 0 Å². The zero-order chi connectivity index (χ0) is 16.9. The quantitative estimate of drug-likeness (QED) is 0.749. The van der Waals surface area contributed by atoms with E-state index < -0.39 is 0 Å². The van der Waals surface area contributed by atoms with Gasteiger partial charge >= 0.3 is 0 Å². The van der Waals surface area contributed by atoms with Crippen molar-refractivity contribution in [1.82, 2.24) is 14.9 Å². The molecule has 0 aliphatic rings. The summed E-state index contributed by atoms with van der Waals surface area (Å²) in [6, 6.07) is 16.1. The first-order valence-electron chi connectivity index (χ1n) is 8.49. The molecule has 3 aromatic rings. The van der Waals surface area contributed by atoms with Crippen LogP contribution in [0.1, 0.15) is 37.3 Å². The van der Waals surface area contributed by atoms with E-state index in [9.17, 15) is 4.79 Å². The van der Waals surface area contributed by atoms with Crippen LogP contribution in [0.25, 0.3) is 11.0 Å². The predicted octanol–water partition coefficient (Wildman–Crippen LogP) is 3.87. The number of rotatable bonds is 6. The van der Waals surface area contributed by atoms with Crippen LogP contribution in [0, 0.1) is 0 Å². The second kappa shape index (κ2) is 7.30. The average molecular weight is 321 g/mol. The van der Waals surface area contributed by atoms with E-state index in [1.807, 2.05) is 49.6 Å². The van der Waals surface area contributed by atoms with E-state index in [4.69, 9.17) is 0 Å². The highest BCUT2D eigenvalue weighted by Crippen LogP contribution is 2.20. The summed E-state index contributed by atoms with van der Waals surface area (Å²) in [6.07, 6.45) is 2.64. The van der Waals surface area contributed by atoms with Crippen molar-refractivity contribution in [2.45, 2.75) is 39.3 Å². The molecule has 1 amide bonds. The van der Waals surface area contributed by atoms with Crippen LogP contribution < -0.4 is 5.32 Å². The lowest BCUT2D eigenvalue weighted by Gasteiger charge is -2.15. The highest BCUT2D eigenvalue weighted by atomic mass is 16.1. The molecular weight excluding hydrogens is 298 g/mol. The van der Waals surface area contributed by atoms with Crippen LogP contribution in [-0.4, -0.2) is 15.5 Å². The van der Waals surface area contributed by atoms with Gasteiger partial charge in [0.25, 0.3) is 0 Å². The molecule has 1 unspecified atom stereocenters. The first kappa shape index (κ1) is 16.2. The van der Waals surface area contributed by atoms with Crippen molar-refractivity contribution in [3.63, 3.8) is 0 Å². The van der Waals surface area contributed by atoms with Gasteiger partial charge in [-0.2, -0.15) is 0 Å². The van der Waals surface area contributed by atoms with Crippen LogP contribution in [-0.2, 0) is 17.9 Å². The van der Waals surface area contributed by atoms with Crippen LogP contribution in [0.3, 0.4) is 0 Å². The van der Waals surface area contributed by atoms with Crippen LogP contribution in [0.5, 0.6) is 0 Å². The zero-order valence-corrected chi connectivity index (χ0v) is 14.2. The Kier molecular flexibility index (Phi) is 4.94. The Morgan fingerprint density at radius 3 is 2.67 bits per heavy atom. The molecule has 124 valence electrons. The van der Waals surface area contributed by atoms with Gasteiger partial charge in [0, 0.05) is 13.1 Å². The monoisotopic (exact) mass is 321 g/mol. The number of nitrogens with zero attached hydrogens (tertiary/aromatic N) is 2. The molecule has 1 aromatic heterocycles. The van der Waals surface area contributed by atoms with Crippen molar-refractivity contribution in [2.75, 3.05) is 0 Å². The largest absolute Gasteiger partial charge is 0.351 e. The fourth-order valence-electron chi connectivity index (χ4n) is 3.04. The van der Waals surface area contributed by atoms with Gasteiger partial charge in [-0.05, 0) is 36.6 Å². The Hall–Kier alpha value is -2.62. The summed E-state index contributed by atoms with van der Waals surface area (Å²) in [4.78, 5) is 17.0. The minimum absolute atomic E-state index is 0.0721. The molecule has 1 N–H and O–H groups in total. The Labute approximate surface area is 142 Å². The van der Waals surface area contributed by atoms with Gasteiger partial charge in [0.15, 0.2) is 0 Å². The summed E-state index contributed by atoms with van der Waals surface area (Å²) >= 11 is 0. The minimum Gasteiger partial charge on any atom is -0.351 e. The van der Waals surface area contributed by atoms with E-state index in [-0.39, 0.29) is 11.8 Å². The van der Waals surface area contributed by atoms with Gasteiger partial charge in [-0.25, -0.2) is 4.98 Å². The number of amides is 1. The predicted molar refractivity (Wildman–Crippen MR) is 96.7 cm³/mol. The first-order valence-corrected chi connectivity index (χ1v) is 8.49. The van der Waals surface area contributed by atoms with Crippen molar-refractivity contribution < 1.29 is 4.79 Å². The van der Waals surface area contributed by atoms with E-state index in [0.717, 1.165) is 35.1 Å². The Bertz CT molecular complexity index is 823. The maximum Gasteiger partial charge on any atom is 0.227 e. The molecule has 0 radical (unpaired) electrons. The van der Waals surface area contributed by atoms with Gasteiger partial charge < -0.3 is 9.88 Å². The summed E-state index contributed by atoms with van der Waals surface area (Å²) in [7, 11) is 0. The first-order chi connectivity index (χ1) is 11.7. The second-order valence-electron chi connectivity index (χ2n) is 5.94. The van der Waals surface area contributed by atoms with Crippen LogP contribution in [0.2, 0.25) is 0 Å². The number of aromatic nitrogens is 2. The molecule has 0 bridgehead atoms. The molecule has 3 rings (SSSR count). The number of benzene rings is 2. The number of fused-ring (bicyclic) bond motifs is 1. The molecule has 2 aromatic carbocycles. The number of imidazole rings is 1. The van der Waals surface area contributed by atoms with Gasteiger partial charge in [-0.3, -0.25) is 4.79 Å². The molecule has 1 atom stereocenters. The van der Waals surface area contributed by atoms with Gasteiger partial charge in [0.1, 0.15) is 0 Å². The summed E-state index contributed by atoms with van der Waals surface area (Å²) < 4.78 is 2.11. The molecule has 4 heteroatoms. The highest BCUT2D eigenvalue weighted by molar-refractivity contribution is 5.83. The molecule has 0 spiro atoms. The minimum atomic E-state index is -0.103. The zero-order valence-electron chi connectivity index (χ0n) is 14.2. The summed E-state index contributed by atoms with van der Waals surface area (Å²) in [6.45, 7) is 5.57. The van der Waals surface area contributed by atoms with Gasteiger partial charge in [0.05, 0.1) is 23.3 Å². The maximum absolute atomic E-state index is 12.5. The number of hydrogen-bond donors (Lipinski definition) is 1. The molecule has 0 aliphatic carbocycles. The molecule has 4 nitrogen and oxygen atoms in total. The molecule has 1 heterocycles. The Morgan fingerprint density at radius 1 is 1.17 bits per heavy atom. The van der Waals surface area contributed by atoms with Crippen molar-refractivity contribution in [3.05, 3.63) is 66.0 Å². The fourth-order valence-corrected chi connectivity index (χ4v) is 3.04. The summed E-state index contributed by atoms with van der Waals surface area (Å²) in [5.74, 6) is -0.0304. The van der Waals surface area contributed by atoms with E-state index in [2.05, 4.69) is 33.9 Å². The second-order valence-corrected chi connectivity index (χ2v) is 5.94. The van der Waals surface area contributed by atoms with E-state index in [0.29, 0.717) is 6.54 Å². The average Bonchev–Trinajstić information content (AvgIpc) is 3.04. The van der Waals surface area contributed by atoms with Gasteiger partial charge in [-0.1, -0.05) is 43.3 Å². The highest BCUT2D eigenvalue weighted by Gasteiger charge is 2.18. The van der Waals surface area contributed by atoms with Crippen LogP contribution in [0.15, 0.2) is 54.9 Å². The number of aryl methyl sites for hydroxylation is 1. The molecular formula is C20H23N3O. The Morgan fingerprint density at radius 2 is 1.96 bits per heavy atom. The summed E-state index contributed by atoms with van der Waals surface area (Å²) in [5, 5.41) is 3.06. The van der Waals surface area contributed by atoms with E-state index >= 15 is 0 Å². The van der Waals surface area contributed by atoms with Crippen molar-refractivity contribution in [2.24, 2.45) is 0 Å². The number of hydrogen-bond acceptors (Lipinski definition) is 2. The third kappa shape index (κ3) is 3.32. The van der Waals surface area contributed by atoms with E-state index in [1.165, 1.54) is 0 Å². The normalized spacial score (nSPS) is 12.2. The standard InChI is InChI=1S/C20H23N3O/c1-3-17(16-8-6-5-7-9-16)20(24)21-13-15-10-11-19-18(12-15)22-14-23(19)4-2/h5-12,14,17H,3-4,13H2,1-2H3,(H,21,24). The Balaban J connectivity index is 1.69. The summed E-state index contributed by atoms with van der Waals surface area (Å²) in [5.41, 5.74) is 4.23. The topological polar surface area (TPSA) is 46.9 Å². The SMILES string of the molecule is CCC(C(=O)NCc1ccc2c(c1)ncn2CC)c1ccccc1. The van der Waals surface area contributed by atoms with Gasteiger partial charge in [-0.15, -0.1) is 0 Å². The van der Waals surface area contributed by atoms with E-state index in [1.54, 1.807) is 0 Å². The third-order valence-electron chi connectivity index (χ3n) is 4.42. The lowest BCUT2D eigenvalue weighted by Crippen LogP contribution is -2.28. The van der Waals surface area contributed by atoms with Crippen LogP contribution in [0.4, 0.5) is 0 Å². The van der Waals surface area contributed by atoms with Crippen molar-refractivity contribution in [1.29, 1.82) is 0 Å². The molecule has 0 saturated heterocycles. The lowest BCUT2D eigenvalue weighted by molar-refractivity contribution is -0.122. The molecule has 24 heavy (non-hydrogen) atoms. The van der Waals surface area contributed by atoms with Crippen molar-refractivity contribution >= 4 is 16.9 Å². The maximum atomic E-state index is 12.5. The fraction of sp³-hybridized carbons (Fsp3) is 0.300. The molecule has 0 saturated carbocycles. The number of carbonyl (C=O) groups is 1. The third-order valence-corrected chi connectivity index (χ3v) is 4.42. The van der Waals surface area contributed by atoms with Gasteiger partial charge in [0.2, 0.25) is 5.91 Å². The number of carbonyl (C=O) groups excluding carboxylic acids is 1. The lowest BCUT2D eigenvalue weighted by atomic mass is 9.95. The molecule has 0 aliphatic heterocycles. The number of nitrogens with one attached hydrogen (secondary N) is 1. The molecule has 0 fully saturated rings. The smallest absolute Gasteiger partial charge is 0.227 e.